The van der Waals surface area contributed by atoms with Crippen molar-refractivity contribution >= 4 is 41.7 Å². The highest BCUT2D eigenvalue weighted by Gasteiger charge is 2.24. The summed E-state index contributed by atoms with van der Waals surface area (Å²) in [5, 5.41) is 7.08. The van der Waals surface area contributed by atoms with Crippen LogP contribution in [0.2, 0.25) is 0 Å². The number of likely N-dealkylation sites (tertiary alicyclic amines) is 1. The van der Waals surface area contributed by atoms with Crippen molar-refractivity contribution in [2.24, 2.45) is 4.99 Å². The van der Waals surface area contributed by atoms with Crippen molar-refractivity contribution in [3.05, 3.63) is 35.9 Å². The standard InChI is InChI=1S/C20H34N4S.HI/c1-16(17-9-7-6-8-10-17)24-13-11-18(12-14-24)23-19(21-4)22-15-20(2,3)25-5;/h6-10,16,18H,11-15H2,1-5H3,(H2,21,22,23);1H. The monoisotopic (exact) mass is 490 g/mol. The Morgan fingerprint density at radius 1 is 1.27 bits per heavy atom. The lowest BCUT2D eigenvalue weighted by Crippen LogP contribution is -2.50. The first kappa shape index (κ1) is 23.6. The third-order valence-electron chi connectivity index (χ3n) is 5.16. The van der Waals surface area contributed by atoms with E-state index in [1.54, 1.807) is 0 Å². The number of halogens is 1. The van der Waals surface area contributed by atoms with Crippen LogP contribution in [0.15, 0.2) is 35.3 Å². The number of hydrogen-bond acceptors (Lipinski definition) is 3. The number of rotatable bonds is 6. The molecular formula is C20H35IN4S. The van der Waals surface area contributed by atoms with Crippen LogP contribution in [-0.4, -0.2) is 54.6 Å². The second-order valence-corrected chi connectivity index (χ2v) is 8.94. The van der Waals surface area contributed by atoms with Crippen molar-refractivity contribution in [2.45, 2.75) is 50.4 Å². The zero-order valence-corrected chi connectivity index (χ0v) is 19.9. The number of hydrogen-bond donors (Lipinski definition) is 2. The van der Waals surface area contributed by atoms with Crippen LogP contribution in [0.4, 0.5) is 0 Å². The van der Waals surface area contributed by atoms with Gasteiger partial charge in [0.05, 0.1) is 0 Å². The lowest BCUT2D eigenvalue weighted by molar-refractivity contribution is 0.158. The number of aliphatic imine (C=N–C) groups is 1. The molecule has 1 atom stereocenters. The Labute approximate surface area is 181 Å². The molecule has 2 N–H and O–H groups in total. The average molecular weight is 490 g/mol. The second-order valence-electron chi connectivity index (χ2n) is 7.43. The minimum Gasteiger partial charge on any atom is -0.355 e. The van der Waals surface area contributed by atoms with E-state index in [-0.39, 0.29) is 28.7 Å². The summed E-state index contributed by atoms with van der Waals surface area (Å²) in [5.41, 5.74) is 1.41. The molecule has 0 aromatic heterocycles. The van der Waals surface area contributed by atoms with Crippen LogP contribution in [0, 0.1) is 0 Å². The minimum atomic E-state index is 0. The van der Waals surface area contributed by atoms with Gasteiger partial charge in [0.1, 0.15) is 0 Å². The second kappa shape index (κ2) is 11.4. The molecule has 0 radical (unpaired) electrons. The normalized spacial score (nSPS) is 18.1. The molecule has 0 aliphatic carbocycles. The summed E-state index contributed by atoms with van der Waals surface area (Å²) in [5.74, 6) is 0.927. The summed E-state index contributed by atoms with van der Waals surface area (Å²) >= 11 is 1.88. The van der Waals surface area contributed by atoms with E-state index in [9.17, 15) is 0 Å². The van der Waals surface area contributed by atoms with E-state index >= 15 is 0 Å². The van der Waals surface area contributed by atoms with E-state index < -0.39 is 0 Å². The highest BCUT2D eigenvalue weighted by atomic mass is 127. The van der Waals surface area contributed by atoms with E-state index in [0.29, 0.717) is 12.1 Å². The molecule has 148 valence electrons. The van der Waals surface area contributed by atoms with Crippen molar-refractivity contribution in [1.82, 2.24) is 15.5 Å². The molecule has 0 spiro atoms. The molecule has 26 heavy (non-hydrogen) atoms. The fourth-order valence-corrected chi connectivity index (χ4v) is 3.35. The summed E-state index contributed by atoms with van der Waals surface area (Å²) in [4.78, 5) is 6.98. The molecule has 1 fully saturated rings. The van der Waals surface area contributed by atoms with Crippen LogP contribution in [0.3, 0.4) is 0 Å². The predicted molar refractivity (Wildman–Crippen MR) is 127 cm³/mol. The Balaban J connectivity index is 0.00000338. The molecule has 1 unspecified atom stereocenters. The highest BCUT2D eigenvalue weighted by Crippen LogP contribution is 2.24. The van der Waals surface area contributed by atoms with Crippen molar-refractivity contribution in [3.63, 3.8) is 0 Å². The van der Waals surface area contributed by atoms with Gasteiger partial charge in [-0.05, 0) is 45.4 Å². The lowest BCUT2D eigenvalue weighted by atomic mass is 10.0. The summed E-state index contributed by atoms with van der Waals surface area (Å²) in [7, 11) is 1.86. The van der Waals surface area contributed by atoms with Crippen molar-refractivity contribution in [1.29, 1.82) is 0 Å². The molecule has 0 amide bonds. The Hall–Kier alpha value is -0.470. The topological polar surface area (TPSA) is 39.7 Å². The molecule has 0 saturated carbocycles. The van der Waals surface area contributed by atoms with Crippen LogP contribution < -0.4 is 10.6 Å². The lowest BCUT2D eigenvalue weighted by Gasteiger charge is -2.37. The minimum absolute atomic E-state index is 0. The van der Waals surface area contributed by atoms with Gasteiger partial charge < -0.3 is 10.6 Å². The van der Waals surface area contributed by atoms with E-state index in [0.717, 1.165) is 38.4 Å². The van der Waals surface area contributed by atoms with Crippen LogP contribution in [-0.2, 0) is 0 Å². The molecule has 1 aromatic carbocycles. The molecule has 1 aliphatic heterocycles. The maximum atomic E-state index is 4.39. The molecule has 4 nitrogen and oxygen atoms in total. The average Bonchev–Trinajstić information content (AvgIpc) is 2.65. The first-order valence-corrected chi connectivity index (χ1v) is 10.5. The van der Waals surface area contributed by atoms with Gasteiger partial charge in [-0.25, -0.2) is 0 Å². The number of guanidine groups is 1. The van der Waals surface area contributed by atoms with Crippen LogP contribution in [0.5, 0.6) is 0 Å². The maximum absolute atomic E-state index is 4.39. The summed E-state index contributed by atoms with van der Waals surface area (Å²) < 4.78 is 0.214. The summed E-state index contributed by atoms with van der Waals surface area (Å²) in [6.07, 6.45) is 4.47. The zero-order valence-electron chi connectivity index (χ0n) is 16.8. The molecule has 2 rings (SSSR count). The van der Waals surface area contributed by atoms with Gasteiger partial charge in [-0.3, -0.25) is 9.89 Å². The number of nitrogens with zero attached hydrogens (tertiary/aromatic N) is 2. The number of piperidine rings is 1. The first-order valence-electron chi connectivity index (χ1n) is 9.26. The van der Waals surface area contributed by atoms with Crippen molar-refractivity contribution in [3.8, 4) is 0 Å². The Kier molecular flexibility index (Phi) is 10.3. The van der Waals surface area contributed by atoms with Gasteiger partial charge in [-0.2, -0.15) is 11.8 Å². The Morgan fingerprint density at radius 2 is 1.88 bits per heavy atom. The number of thioether (sulfide) groups is 1. The maximum Gasteiger partial charge on any atom is 0.191 e. The van der Waals surface area contributed by atoms with Crippen molar-refractivity contribution in [2.75, 3.05) is 32.9 Å². The van der Waals surface area contributed by atoms with Crippen LogP contribution >= 0.6 is 35.7 Å². The molecule has 1 aliphatic rings. The van der Waals surface area contributed by atoms with Gasteiger partial charge >= 0.3 is 0 Å². The SMILES string of the molecule is CN=C(NCC(C)(C)SC)NC1CCN(C(C)c2ccccc2)CC1.I. The van der Waals surface area contributed by atoms with E-state index in [4.69, 9.17) is 0 Å². The molecule has 1 saturated heterocycles. The molecule has 1 heterocycles. The van der Waals surface area contributed by atoms with E-state index in [1.807, 2.05) is 18.8 Å². The summed E-state index contributed by atoms with van der Waals surface area (Å²) in [6.45, 7) is 9.98. The quantitative estimate of drug-likeness (QED) is 0.357. The van der Waals surface area contributed by atoms with Crippen LogP contribution in [0.25, 0.3) is 0 Å². The zero-order chi connectivity index (χ0) is 18.3. The van der Waals surface area contributed by atoms with Gasteiger partial charge in [0, 0.05) is 43.5 Å². The fraction of sp³-hybridized carbons (Fsp3) is 0.650. The van der Waals surface area contributed by atoms with Crippen molar-refractivity contribution < 1.29 is 0 Å². The van der Waals surface area contributed by atoms with Gasteiger partial charge in [0.25, 0.3) is 0 Å². The summed E-state index contributed by atoms with van der Waals surface area (Å²) in [6, 6.07) is 11.8. The Morgan fingerprint density at radius 3 is 2.42 bits per heavy atom. The fourth-order valence-electron chi connectivity index (χ4n) is 3.13. The van der Waals surface area contributed by atoms with E-state index in [1.165, 1.54) is 5.56 Å². The molecular weight excluding hydrogens is 455 g/mol. The molecule has 6 heteroatoms. The third kappa shape index (κ3) is 7.27. The van der Waals surface area contributed by atoms with Gasteiger partial charge in [-0.1, -0.05) is 30.3 Å². The van der Waals surface area contributed by atoms with Gasteiger partial charge in [0.2, 0.25) is 0 Å². The first-order chi connectivity index (χ1) is 11.9. The van der Waals surface area contributed by atoms with E-state index in [2.05, 4.69) is 77.9 Å². The number of nitrogens with one attached hydrogen (secondary N) is 2. The third-order valence-corrected chi connectivity index (χ3v) is 6.41. The highest BCUT2D eigenvalue weighted by molar-refractivity contribution is 14.0. The Bertz CT molecular complexity index is 542. The molecule has 0 bridgehead atoms. The van der Waals surface area contributed by atoms with Crippen LogP contribution in [0.1, 0.15) is 45.2 Å². The molecule has 1 aromatic rings. The smallest absolute Gasteiger partial charge is 0.191 e. The largest absolute Gasteiger partial charge is 0.355 e. The number of benzene rings is 1. The predicted octanol–water partition coefficient (Wildman–Crippen LogP) is 4.14. The van der Waals surface area contributed by atoms with Gasteiger partial charge in [0.15, 0.2) is 5.96 Å². The van der Waals surface area contributed by atoms with Gasteiger partial charge in [-0.15, -0.1) is 24.0 Å².